The van der Waals surface area contributed by atoms with E-state index in [1.165, 1.54) is 23.1 Å². The van der Waals surface area contributed by atoms with Crippen LogP contribution < -0.4 is 10.1 Å². The van der Waals surface area contributed by atoms with Gasteiger partial charge in [-0.05, 0) is 49.1 Å². The van der Waals surface area contributed by atoms with E-state index in [1.54, 1.807) is 12.1 Å². The molecule has 0 fully saturated rings. The van der Waals surface area contributed by atoms with Gasteiger partial charge in [0.05, 0.1) is 9.90 Å². The highest BCUT2D eigenvalue weighted by molar-refractivity contribution is 7.12. The van der Waals surface area contributed by atoms with Crippen LogP contribution >= 0.6 is 22.9 Å². The minimum Gasteiger partial charge on any atom is -0.489 e. The molecule has 0 radical (unpaired) electrons. The van der Waals surface area contributed by atoms with Gasteiger partial charge < -0.3 is 10.1 Å². The number of halogens is 1. The number of thiophene rings is 1. The molecule has 0 saturated carbocycles. The Morgan fingerprint density at radius 3 is 2.80 bits per heavy atom. The molecule has 1 amide bonds. The SMILES string of the molecule is Cc1ccc(OCc2csc(C(=O)Nc3ccc(Cl)cn3)c2)c(C)c1. The van der Waals surface area contributed by atoms with E-state index in [0.29, 0.717) is 22.3 Å². The van der Waals surface area contributed by atoms with E-state index in [2.05, 4.69) is 23.3 Å². The molecule has 0 aliphatic rings. The number of amides is 1. The van der Waals surface area contributed by atoms with Crippen LogP contribution in [0.3, 0.4) is 0 Å². The molecule has 25 heavy (non-hydrogen) atoms. The Hall–Kier alpha value is -2.37. The van der Waals surface area contributed by atoms with Crippen molar-refractivity contribution in [3.8, 4) is 5.75 Å². The molecule has 0 aliphatic carbocycles. The van der Waals surface area contributed by atoms with Crippen molar-refractivity contribution in [2.45, 2.75) is 20.5 Å². The van der Waals surface area contributed by atoms with Gasteiger partial charge in [0.15, 0.2) is 0 Å². The number of aryl methyl sites for hydroxylation is 2. The number of nitrogens with one attached hydrogen (secondary N) is 1. The molecule has 128 valence electrons. The first kappa shape index (κ1) is 17.5. The average Bonchev–Trinajstić information content (AvgIpc) is 3.05. The molecular weight excluding hydrogens is 356 g/mol. The summed E-state index contributed by atoms with van der Waals surface area (Å²) in [6.07, 6.45) is 1.49. The lowest BCUT2D eigenvalue weighted by Gasteiger charge is -2.08. The van der Waals surface area contributed by atoms with Crippen molar-refractivity contribution in [3.63, 3.8) is 0 Å². The van der Waals surface area contributed by atoms with Crippen LogP contribution in [0.25, 0.3) is 0 Å². The first-order valence-electron chi connectivity index (χ1n) is 7.71. The van der Waals surface area contributed by atoms with Gasteiger partial charge in [-0.2, -0.15) is 0 Å². The lowest BCUT2D eigenvalue weighted by molar-refractivity contribution is 0.103. The molecule has 4 nitrogen and oxygen atoms in total. The van der Waals surface area contributed by atoms with Crippen molar-refractivity contribution in [1.82, 2.24) is 4.98 Å². The van der Waals surface area contributed by atoms with Crippen LogP contribution in [0, 0.1) is 13.8 Å². The smallest absolute Gasteiger partial charge is 0.266 e. The van der Waals surface area contributed by atoms with E-state index in [0.717, 1.165) is 16.9 Å². The maximum Gasteiger partial charge on any atom is 0.266 e. The first-order valence-corrected chi connectivity index (χ1v) is 8.97. The zero-order chi connectivity index (χ0) is 17.8. The van der Waals surface area contributed by atoms with E-state index < -0.39 is 0 Å². The van der Waals surface area contributed by atoms with Gasteiger partial charge in [0.25, 0.3) is 5.91 Å². The van der Waals surface area contributed by atoms with E-state index in [1.807, 2.05) is 30.5 Å². The molecule has 1 aromatic carbocycles. The maximum atomic E-state index is 12.3. The van der Waals surface area contributed by atoms with Gasteiger partial charge in [-0.1, -0.05) is 29.3 Å². The van der Waals surface area contributed by atoms with Crippen LogP contribution in [-0.2, 0) is 6.61 Å². The fraction of sp³-hybridized carbons (Fsp3) is 0.158. The highest BCUT2D eigenvalue weighted by Gasteiger charge is 2.11. The standard InChI is InChI=1S/C19H17ClN2O2S/c1-12-3-5-16(13(2)7-12)24-10-14-8-17(25-11-14)19(23)22-18-6-4-15(20)9-21-18/h3-9,11H,10H2,1-2H3,(H,21,22,23). The van der Waals surface area contributed by atoms with Gasteiger partial charge in [0.1, 0.15) is 18.2 Å². The highest BCUT2D eigenvalue weighted by Crippen LogP contribution is 2.22. The predicted octanol–water partition coefficient (Wildman–Crippen LogP) is 5.24. The van der Waals surface area contributed by atoms with Crippen LogP contribution in [0.2, 0.25) is 5.02 Å². The Bertz CT molecular complexity index is 891. The number of aromatic nitrogens is 1. The normalized spacial score (nSPS) is 10.5. The lowest BCUT2D eigenvalue weighted by Crippen LogP contribution is -2.11. The molecule has 0 saturated heterocycles. The average molecular weight is 373 g/mol. The number of hydrogen-bond donors (Lipinski definition) is 1. The summed E-state index contributed by atoms with van der Waals surface area (Å²) in [6, 6.07) is 11.3. The number of rotatable bonds is 5. The van der Waals surface area contributed by atoms with E-state index in [4.69, 9.17) is 16.3 Å². The molecule has 0 spiro atoms. The molecule has 0 atom stereocenters. The minimum absolute atomic E-state index is 0.197. The predicted molar refractivity (Wildman–Crippen MR) is 102 cm³/mol. The topological polar surface area (TPSA) is 51.2 Å². The summed E-state index contributed by atoms with van der Waals surface area (Å²) in [4.78, 5) is 16.9. The summed E-state index contributed by atoms with van der Waals surface area (Å²) >= 11 is 7.16. The van der Waals surface area contributed by atoms with E-state index >= 15 is 0 Å². The van der Waals surface area contributed by atoms with E-state index in [9.17, 15) is 4.79 Å². The number of anilines is 1. The lowest BCUT2D eigenvalue weighted by atomic mass is 10.1. The summed E-state index contributed by atoms with van der Waals surface area (Å²) in [6.45, 7) is 4.50. The van der Waals surface area contributed by atoms with Gasteiger partial charge in [0, 0.05) is 11.8 Å². The summed E-state index contributed by atoms with van der Waals surface area (Å²) < 4.78 is 5.85. The number of carbonyl (C=O) groups is 1. The molecule has 1 N–H and O–H groups in total. The van der Waals surface area contributed by atoms with Crippen molar-refractivity contribution in [1.29, 1.82) is 0 Å². The second kappa shape index (κ2) is 7.68. The third-order valence-corrected chi connectivity index (χ3v) is 4.77. The van der Waals surface area contributed by atoms with Crippen molar-refractivity contribution in [2.24, 2.45) is 0 Å². The number of carbonyl (C=O) groups excluding carboxylic acids is 1. The molecule has 3 aromatic rings. The Balaban J connectivity index is 1.61. The second-order valence-electron chi connectivity index (χ2n) is 5.69. The van der Waals surface area contributed by atoms with Gasteiger partial charge >= 0.3 is 0 Å². The van der Waals surface area contributed by atoms with Crippen molar-refractivity contribution in [2.75, 3.05) is 5.32 Å². The molecule has 0 unspecified atom stereocenters. The van der Waals surface area contributed by atoms with E-state index in [-0.39, 0.29) is 5.91 Å². The number of ether oxygens (including phenoxy) is 1. The molecule has 3 rings (SSSR count). The molecule has 6 heteroatoms. The van der Waals surface area contributed by atoms with Gasteiger partial charge in [0.2, 0.25) is 0 Å². The Labute approximate surface area is 155 Å². The Morgan fingerprint density at radius 2 is 2.08 bits per heavy atom. The second-order valence-corrected chi connectivity index (χ2v) is 7.04. The Kier molecular flexibility index (Phi) is 5.36. The number of benzene rings is 1. The van der Waals surface area contributed by atoms with Gasteiger partial charge in [-0.3, -0.25) is 4.79 Å². The van der Waals surface area contributed by atoms with Crippen LogP contribution in [0.5, 0.6) is 5.75 Å². The zero-order valence-electron chi connectivity index (χ0n) is 13.9. The van der Waals surface area contributed by atoms with Crippen LogP contribution in [0.4, 0.5) is 5.82 Å². The number of nitrogens with zero attached hydrogens (tertiary/aromatic N) is 1. The van der Waals surface area contributed by atoms with Gasteiger partial charge in [-0.25, -0.2) is 4.98 Å². The van der Waals surface area contributed by atoms with Crippen molar-refractivity contribution >= 4 is 34.7 Å². The van der Waals surface area contributed by atoms with Crippen LogP contribution in [-0.4, -0.2) is 10.9 Å². The third-order valence-electron chi connectivity index (χ3n) is 3.57. The molecular formula is C19H17ClN2O2S. The summed E-state index contributed by atoms with van der Waals surface area (Å²) in [7, 11) is 0. The van der Waals surface area contributed by atoms with Crippen LogP contribution in [0.15, 0.2) is 48.0 Å². The fourth-order valence-corrected chi connectivity index (χ4v) is 3.22. The quantitative estimate of drug-likeness (QED) is 0.665. The first-order chi connectivity index (χ1) is 12.0. The number of pyridine rings is 1. The maximum absolute atomic E-state index is 12.3. The van der Waals surface area contributed by atoms with Gasteiger partial charge in [-0.15, -0.1) is 11.3 Å². The Morgan fingerprint density at radius 1 is 1.24 bits per heavy atom. The molecule has 2 heterocycles. The van der Waals surface area contributed by atoms with Crippen LogP contribution in [0.1, 0.15) is 26.4 Å². The monoisotopic (exact) mass is 372 g/mol. The number of hydrogen-bond acceptors (Lipinski definition) is 4. The summed E-state index contributed by atoms with van der Waals surface area (Å²) in [5.74, 6) is 1.13. The largest absolute Gasteiger partial charge is 0.489 e. The summed E-state index contributed by atoms with van der Waals surface area (Å²) in [5, 5.41) is 5.20. The van der Waals surface area contributed by atoms with Crippen molar-refractivity contribution < 1.29 is 9.53 Å². The third kappa shape index (κ3) is 4.59. The highest BCUT2D eigenvalue weighted by atomic mass is 35.5. The summed E-state index contributed by atoms with van der Waals surface area (Å²) in [5.41, 5.74) is 3.26. The molecule has 2 aromatic heterocycles. The zero-order valence-corrected chi connectivity index (χ0v) is 15.4. The fourth-order valence-electron chi connectivity index (χ4n) is 2.32. The van der Waals surface area contributed by atoms with Crippen molar-refractivity contribution in [3.05, 3.63) is 74.6 Å². The minimum atomic E-state index is -0.197. The molecule has 0 bridgehead atoms. The molecule has 0 aliphatic heterocycles.